The lowest BCUT2D eigenvalue weighted by Gasteiger charge is -2.21. The Balaban J connectivity index is 1.83. The molecule has 1 atom stereocenters. The van der Waals surface area contributed by atoms with Crippen LogP contribution in [0.25, 0.3) is 10.9 Å². The molecule has 0 aliphatic rings. The number of hydrogen-bond acceptors (Lipinski definition) is 6. The molecule has 1 aromatic carbocycles. The first-order valence-electron chi connectivity index (χ1n) is 9.13. The van der Waals surface area contributed by atoms with Crippen molar-refractivity contribution in [1.29, 1.82) is 0 Å². The molecule has 0 bridgehead atoms. The predicted octanol–water partition coefficient (Wildman–Crippen LogP) is 6.80. The lowest BCUT2D eigenvalue weighted by molar-refractivity contribution is 0.0306. The van der Waals surface area contributed by atoms with Gasteiger partial charge in [-0.25, -0.2) is 9.78 Å². The van der Waals surface area contributed by atoms with Gasteiger partial charge in [0, 0.05) is 29.8 Å². The van der Waals surface area contributed by atoms with E-state index in [1.165, 1.54) is 23.7 Å². The SMILES string of the molecule is COc1ccc(C(Cc2c(Cl)cncc2Cl)OC(=O)c2cccs2)c2ccc(Cl)nc12. The number of hydrogen-bond donors (Lipinski definition) is 0. The molecule has 0 saturated carbocycles. The molecule has 0 aliphatic carbocycles. The average molecular weight is 494 g/mol. The zero-order valence-electron chi connectivity index (χ0n) is 16.1. The minimum absolute atomic E-state index is 0.251. The zero-order valence-corrected chi connectivity index (χ0v) is 19.2. The number of carbonyl (C=O) groups excluding carboxylic acids is 1. The lowest BCUT2D eigenvalue weighted by Crippen LogP contribution is -2.14. The highest BCUT2D eigenvalue weighted by Gasteiger charge is 2.25. The lowest BCUT2D eigenvalue weighted by atomic mass is 9.97. The fourth-order valence-corrected chi connectivity index (χ4v) is 4.52. The van der Waals surface area contributed by atoms with Gasteiger partial charge >= 0.3 is 5.97 Å². The van der Waals surface area contributed by atoms with Crippen molar-refractivity contribution in [3.63, 3.8) is 0 Å². The Morgan fingerprint density at radius 3 is 2.55 bits per heavy atom. The van der Waals surface area contributed by atoms with Gasteiger partial charge in [0.1, 0.15) is 27.4 Å². The zero-order chi connectivity index (χ0) is 22.0. The van der Waals surface area contributed by atoms with Gasteiger partial charge in [-0.15, -0.1) is 11.3 Å². The normalized spacial score (nSPS) is 12.0. The van der Waals surface area contributed by atoms with Gasteiger partial charge in [0.2, 0.25) is 0 Å². The molecule has 158 valence electrons. The van der Waals surface area contributed by atoms with Crippen molar-refractivity contribution >= 4 is 63.0 Å². The Morgan fingerprint density at radius 2 is 1.87 bits per heavy atom. The number of halogens is 3. The Hall–Kier alpha value is -2.38. The number of carbonyl (C=O) groups is 1. The van der Waals surface area contributed by atoms with Crippen LogP contribution < -0.4 is 4.74 Å². The molecule has 0 radical (unpaired) electrons. The summed E-state index contributed by atoms with van der Waals surface area (Å²) in [5.41, 5.74) is 1.93. The van der Waals surface area contributed by atoms with Gasteiger partial charge in [0.25, 0.3) is 0 Å². The van der Waals surface area contributed by atoms with Crippen molar-refractivity contribution < 1.29 is 14.3 Å². The van der Waals surface area contributed by atoms with Crippen molar-refractivity contribution in [2.24, 2.45) is 0 Å². The molecule has 0 spiro atoms. The highest BCUT2D eigenvalue weighted by atomic mass is 35.5. The molecule has 0 N–H and O–H groups in total. The monoisotopic (exact) mass is 492 g/mol. The molecular weight excluding hydrogens is 479 g/mol. The van der Waals surface area contributed by atoms with Crippen LogP contribution in [0.1, 0.15) is 26.9 Å². The van der Waals surface area contributed by atoms with E-state index in [-0.39, 0.29) is 6.42 Å². The van der Waals surface area contributed by atoms with Gasteiger partial charge in [-0.3, -0.25) is 4.98 Å². The van der Waals surface area contributed by atoms with Crippen LogP contribution in [0.2, 0.25) is 15.2 Å². The van der Waals surface area contributed by atoms with Crippen LogP contribution >= 0.6 is 46.1 Å². The van der Waals surface area contributed by atoms with E-state index in [1.807, 2.05) is 17.5 Å². The maximum atomic E-state index is 12.8. The summed E-state index contributed by atoms with van der Waals surface area (Å²) in [4.78, 5) is 21.7. The van der Waals surface area contributed by atoms with Crippen LogP contribution in [0, 0.1) is 0 Å². The van der Waals surface area contributed by atoms with Crippen LogP contribution in [-0.4, -0.2) is 23.0 Å². The quantitative estimate of drug-likeness (QED) is 0.218. The summed E-state index contributed by atoms with van der Waals surface area (Å²) in [6, 6.07) is 10.6. The number of esters is 1. The third kappa shape index (κ3) is 4.62. The third-order valence-corrected chi connectivity index (χ3v) is 6.41. The Labute approximate surface area is 197 Å². The average Bonchev–Trinajstić information content (AvgIpc) is 3.30. The van der Waals surface area contributed by atoms with Crippen molar-refractivity contribution in [3.05, 3.63) is 85.4 Å². The molecule has 0 aliphatic heterocycles. The van der Waals surface area contributed by atoms with Crippen LogP contribution in [0.4, 0.5) is 0 Å². The van der Waals surface area contributed by atoms with E-state index >= 15 is 0 Å². The van der Waals surface area contributed by atoms with Gasteiger partial charge in [0.05, 0.1) is 17.2 Å². The van der Waals surface area contributed by atoms with Gasteiger partial charge in [-0.05, 0) is 35.2 Å². The molecule has 4 aromatic rings. The molecule has 31 heavy (non-hydrogen) atoms. The Bertz CT molecular complexity index is 1230. The Morgan fingerprint density at radius 1 is 1.10 bits per heavy atom. The van der Waals surface area contributed by atoms with Crippen molar-refractivity contribution in [1.82, 2.24) is 9.97 Å². The van der Waals surface area contributed by atoms with E-state index in [0.717, 1.165) is 10.9 Å². The topological polar surface area (TPSA) is 61.3 Å². The number of methoxy groups -OCH3 is 1. The number of fused-ring (bicyclic) bond motifs is 1. The summed E-state index contributed by atoms with van der Waals surface area (Å²) in [6.45, 7) is 0. The van der Waals surface area contributed by atoms with E-state index in [0.29, 0.717) is 36.9 Å². The molecule has 4 rings (SSSR count). The Kier molecular flexibility index (Phi) is 6.62. The van der Waals surface area contributed by atoms with Crippen LogP contribution in [-0.2, 0) is 11.2 Å². The fraction of sp³-hybridized carbons (Fsp3) is 0.136. The molecular formula is C22H15Cl3N2O3S. The molecule has 0 saturated heterocycles. The standard InChI is InChI=1S/C22H15Cl3N2O3S/c1-29-17-6-4-12(13-5-7-20(25)27-21(13)17)18(30-22(28)19-3-2-8-31-19)9-14-15(23)10-26-11-16(14)24/h2-8,10-11,18H,9H2,1H3. The molecule has 0 amide bonds. The van der Waals surface area contributed by atoms with Gasteiger partial charge in [-0.1, -0.05) is 46.9 Å². The van der Waals surface area contributed by atoms with Gasteiger partial charge < -0.3 is 9.47 Å². The van der Waals surface area contributed by atoms with Crippen LogP contribution in [0.5, 0.6) is 5.75 Å². The van der Waals surface area contributed by atoms with E-state index in [9.17, 15) is 4.79 Å². The predicted molar refractivity (Wildman–Crippen MR) is 124 cm³/mol. The van der Waals surface area contributed by atoms with E-state index in [4.69, 9.17) is 44.3 Å². The highest BCUT2D eigenvalue weighted by Crippen LogP contribution is 2.37. The van der Waals surface area contributed by atoms with Crippen molar-refractivity contribution in [2.75, 3.05) is 7.11 Å². The second kappa shape index (κ2) is 9.40. The van der Waals surface area contributed by atoms with Gasteiger partial charge in [0.15, 0.2) is 0 Å². The number of nitrogens with zero attached hydrogens (tertiary/aromatic N) is 2. The largest absolute Gasteiger partial charge is 0.494 e. The summed E-state index contributed by atoms with van der Waals surface area (Å²) >= 11 is 20.1. The van der Waals surface area contributed by atoms with E-state index < -0.39 is 12.1 Å². The molecule has 9 heteroatoms. The minimum atomic E-state index is -0.691. The molecule has 3 aromatic heterocycles. The molecule has 0 fully saturated rings. The number of ether oxygens (including phenoxy) is 2. The second-order valence-electron chi connectivity index (χ2n) is 6.54. The molecule has 1 unspecified atom stereocenters. The maximum Gasteiger partial charge on any atom is 0.348 e. The van der Waals surface area contributed by atoms with Crippen molar-refractivity contribution in [3.8, 4) is 5.75 Å². The first-order chi connectivity index (χ1) is 15.0. The number of rotatable bonds is 6. The highest BCUT2D eigenvalue weighted by molar-refractivity contribution is 7.11. The smallest absolute Gasteiger partial charge is 0.348 e. The minimum Gasteiger partial charge on any atom is -0.494 e. The fourth-order valence-electron chi connectivity index (χ4n) is 3.25. The summed E-state index contributed by atoms with van der Waals surface area (Å²) < 4.78 is 11.4. The number of benzene rings is 1. The summed E-state index contributed by atoms with van der Waals surface area (Å²) in [5.74, 6) is 0.122. The number of pyridine rings is 2. The van der Waals surface area contributed by atoms with E-state index in [1.54, 1.807) is 31.4 Å². The summed E-state index contributed by atoms with van der Waals surface area (Å²) in [7, 11) is 1.56. The summed E-state index contributed by atoms with van der Waals surface area (Å²) in [6.07, 6.45) is 2.58. The maximum absolute atomic E-state index is 12.8. The third-order valence-electron chi connectivity index (χ3n) is 4.70. The number of aromatic nitrogens is 2. The summed E-state index contributed by atoms with van der Waals surface area (Å²) in [5, 5.41) is 3.67. The molecule has 3 heterocycles. The second-order valence-corrected chi connectivity index (χ2v) is 8.69. The van der Waals surface area contributed by atoms with Crippen LogP contribution in [0.15, 0.2) is 54.2 Å². The first kappa shape index (κ1) is 21.8. The molecule has 5 nitrogen and oxygen atoms in total. The number of thiophene rings is 1. The van der Waals surface area contributed by atoms with E-state index in [2.05, 4.69) is 9.97 Å². The van der Waals surface area contributed by atoms with Crippen molar-refractivity contribution in [2.45, 2.75) is 12.5 Å². The first-order valence-corrected chi connectivity index (χ1v) is 11.1. The van der Waals surface area contributed by atoms with Gasteiger partial charge in [-0.2, -0.15) is 0 Å². The van der Waals surface area contributed by atoms with Crippen LogP contribution in [0.3, 0.4) is 0 Å².